The maximum absolute atomic E-state index is 11.0. The lowest BCUT2D eigenvalue weighted by atomic mass is 10.3. The third-order valence-corrected chi connectivity index (χ3v) is 2.06. The molecule has 0 atom stereocenters. The van der Waals surface area contributed by atoms with Gasteiger partial charge < -0.3 is 5.73 Å². The number of amides is 2. The lowest BCUT2D eigenvalue weighted by molar-refractivity contribution is 0.241. The standard InChI is InChI=1S/C9H12N2OS2/c1-3-5-7(13)11(9(10)12)8(14)6-4-2/h3-4H,1-2,5-6H2,(H2,10,12). The van der Waals surface area contributed by atoms with E-state index in [2.05, 4.69) is 13.2 Å². The van der Waals surface area contributed by atoms with Crippen molar-refractivity contribution in [2.24, 2.45) is 5.73 Å². The first kappa shape index (κ1) is 12.9. The van der Waals surface area contributed by atoms with E-state index < -0.39 is 6.03 Å². The van der Waals surface area contributed by atoms with Crippen molar-refractivity contribution in [3.63, 3.8) is 0 Å². The molecule has 0 fully saturated rings. The molecule has 14 heavy (non-hydrogen) atoms. The molecule has 3 nitrogen and oxygen atoms in total. The van der Waals surface area contributed by atoms with E-state index in [1.807, 2.05) is 0 Å². The van der Waals surface area contributed by atoms with Gasteiger partial charge >= 0.3 is 6.03 Å². The van der Waals surface area contributed by atoms with Crippen LogP contribution in [-0.2, 0) is 0 Å². The molecule has 0 heterocycles. The summed E-state index contributed by atoms with van der Waals surface area (Å²) in [5.41, 5.74) is 5.14. The van der Waals surface area contributed by atoms with Crippen LogP contribution in [0.25, 0.3) is 0 Å². The van der Waals surface area contributed by atoms with Crippen LogP contribution in [0.15, 0.2) is 25.3 Å². The fourth-order valence-electron chi connectivity index (χ4n) is 0.814. The first-order chi connectivity index (χ1) is 6.54. The quantitative estimate of drug-likeness (QED) is 0.592. The van der Waals surface area contributed by atoms with Gasteiger partial charge in [-0.2, -0.15) is 0 Å². The minimum absolute atomic E-state index is 0.361. The molecule has 0 aromatic carbocycles. The zero-order valence-electron chi connectivity index (χ0n) is 7.73. The molecule has 0 saturated carbocycles. The molecular weight excluding hydrogens is 216 g/mol. The second kappa shape index (κ2) is 6.39. The van der Waals surface area contributed by atoms with Crippen LogP contribution in [0.2, 0.25) is 0 Å². The highest BCUT2D eigenvalue weighted by Gasteiger charge is 2.17. The molecule has 0 unspecified atom stereocenters. The van der Waals surface area contributed by atoms with Crippen LogP contribution in [0, 0.1) is 0 Å². The van der Waals surface area contributed by atoms with Gasteiger partial charge in [-0.1, -0.05) is 36.6 Å². The first-order valence-corrected chi connectivity index (χ1v) is 4.73. The van der Waals surface area contributed by atoms with Gasteiger partial charge in [0.1, 0.15) is 0 Å². The Morgan fingerprint density at radius 2 is 1.57 bits per heavy atom. The molecular formula is C9H12N2OS2. The van der Waals surface area contributed by atoms with Crippen molar-refractivity contribution < 1.29 is 4.79 Å². The Hall–Kier alpha value is -1.07. The summed E-state index contributed by atoms with van der Waals surface area (Å²) in [7, 11) is 0. The van der Waals surface area contributed by atoms with E-state index in [1.54, 1.807) is 12.2 Å². The molecule has 0 spiro atoms. The molecule has 0 rings (SSSR count). The highest BCUT2D eigenvalue weighted by Crippen LogP contribution is 2.03. The highest BCUT2D eigenvalue weighted by atomic mass is 32.1. The molecule has 2 amide bonds. The molecule has 0 aliphatic rings. The van der Waals surface area contributed by atoms with E-state index in [0.29, 0.717) is 22.8 Å². The minimum Gasteiger partial charge on any atom is -0.351 e. The Kier molecular flexibility index (Phi) is 5.91. The number of nitrogens with two attached hydrogens (primary N) is 1. The van der Waals surface area contributed by atoms with Crippen molar-refractivity contribution in [2.75, 3.05) is 0 Å². The molecule has 0 bridgehead atoms. The number of carbonyl (C=O) groups is 1. The minimum atomic E-state index is -0.663. The van der Waals surface area contributed by atoms with E-state index >= 15 is 0 Å². The van der Waals surface area contributed by atoms with Crippen molar-refractivity contribution in [3.8, 4) is 0 Å². The summed E-state index contributed by atoms with van der Waals surface area (Å²) in [6.07, 6.45) is 3.98. The van der Waals surface area contributed by atoms with Gasteiger partial charge in [0.05, 0.1) is 9.98 Å². The molecule has 0 aromatic rings. The zero-order chi connectivity index (χ0) is 11.1. The Labute approximate surface area is 94.3 Å². The second-order valence-electron chi connectivity index (χ2n) is 2.45. The summed E-state index contributed by atoms with van der Waals surface area (Å²) in [6, 6.07) is -0.663. The summed E-state index contributed by atoms with van der Waals surface area (Å²) < 4.78 is 0. The fraction of sp³-hybridized carbons (Fsp3) is 0.222. The average Bonchev–Trinajstić information content (AvgIpc) is 2.04. The van der Waals surface area contributed by atoms with Crippen LogP contribution in [0.5, 0.6) is 0 Å². The van der Waals surface area contributed by atoms with Crippen LogP contribution in [-0.4, -0.2) is 20.9 Å². The smallest absolute Gasteiger partial charge is 0.324 e. The van der Waals surface area contributed by atoms with Gasteiger partial charge in [-0.3, -0.25) is 4.90 Å². The van der Waals surface area contributed by atoms with E-state index in [9.17, 15) is 4.79 Å². The van der Waals surface area contributed by atoms with Crippen LogP contribution in [0.1, 0.15) is 12.8 Å². The molecule has 0 aliphatic carbocycles. The van der Waals surface area contributed by atoms with Crippen LogP contribution in [0.3, 0.4) is 0 Å². The number of thiocarbonyl (C=S) groups is 2. The van der Waals surface area contributed by atoms with Gasteiger partial charge in [0.15, 0.2) is 0 Å². The maximum atomic E-state index is 11.0. The topological polar surface area (TPSA) is 46.3 Å². The van der Waals surface area contributed by atoms with E-state index in [0.717, 1.165) is 4.90 Å². The lowest BCUT2D eigenvalue weighted by Crippen LogP contribution is -2.42. The van der Waals surface area contributed by atoms with E-state index in [1.165, 1.54) is 0 Å². The molecule has 0 radical (unpaired) electrons. The molecule has 5 heteroatoms. The number of hydrogen-bond acceptors (Lipinski definition) is 3. The van der Waals surface area contributed by atoms with Gasteiger partial charge in [-0.05, 0) is 0 Å². The predicted molar refractivity (Wildman–Crippen MR) is 66.2 cm³/mol. The Morgan fingerprint density at radius 3 is 1.79 bits per heavy atom. The monoisotopic (exact) mass is 228 g/mol. The van der Waals surface area contributed by atoms with Gasteiger partial charge in [0.2, 0.25) is 0 Å². The van der Waals surface area contributed by atoms with Crippen LogP contribution < -0.4 is 5.73 Å². The van der Waals surface area contributed by atoms with Gasteiger partial charge in [-0.25, -0.2) is 4.79 Å². The van der Waals surface area contributed by atoms with Crippen molar-refractivity contribution in [1.82, 2.24) is 4.90 Å². The second-order valence-corrected chi connectivity index (χ2v) is 3.39. The number of rotatable bonds is 4. The maximum Gasteiger partial charge on any atom is 0.324 e. The molecule has 76 valence electrons. The van der Waals surface area contributed by atoms with Gasteiger partial charge in [0, 0.05) is 12.8 Å². The normalized spacial score (nSPS) is 8.86. The first-order valence-electron chi connectivity index (χ1n) is 3.91. The SMILES string of the molecule is C=CCC(=S)N(C(N)=O)C(=S)CC=C. The molecule has 0 aromatic heterocycles. The summed E-state index contributed by atoms with van der Waals surface area (Å²) in [5, 5.41) is 0. The van der Waals surface area contributed by atoms with E-state index in [4.69, 9.17) is 30.2 Å². The molecule has 0 saturated heterocycles. The summed E-state index contributed by atoms with van der Waals surface area (Å²) in [4.78, 5) is 12.9. The Balaban J connectivity index is 4.66. The third kappa shape index (κ3) is 3.76. The highest BCUT2D eigenvalue weighted by molar-refractivity contribution is 7.82. The Morgan fingerprint density at radius 1 is 1.21 bits per heavy atom. The lowest BCUT2D eigenvalue weighted by Gasteiger charge is -2.20. The summed E-state index contributed by atoms with van der Waals surface area (Å²) >= 11 is 9.95. The van der Waals surface area contributed by atoms with Crippen molar-refractivity contribution >= 4 is 40.4 Å². The number of nitrogens with zero attached hydrogens (tertiary/aromatic N) is 1. The number of urea groups is 1. The van der Waals surface area contributed by atoms with Crippen LogP contribution >= 0.6 is 24.4 Å². The van der Waals surface area contributed by atoms with Crippen molar-refractivity contribution in [2.45, 2.75) is 12.8 Å². The summed E-state index contributed by atoms with van der Waals surface area (Å²) in [6.45, 7) is 7.04. The van der Waals surface area contributed by atoms with Gasteiger partial charge in [-0.15, -0.1) is 13.2 Å². The predicted octanol–water partition coefficient (Wildman–Crippen LogP) is 2.17. The largest absolute Gasteiger partial charge is 0.351 e. The fourth-order valence-corrected chi connectivity index (χ4v) is 1.51. The van der Waals surface area contributed by atoms with Crippen molar-refractivity contribution in [1.29, 1.82) is 0 Å². The number of hydrogen-bond donors (Lipinski definition) is 1. The number of primary amides is 1. The average molecular weight is 228 g/mol. The van der Waals surface area contributed by atoms with Crippen LogP contribution in [0.4, 0.5) is 4.79 Å². The van der Waals surface area contributed by atoms with E-state index in [-0.39, 0.29) is 0 Å². The molecule has 2 N–H and O–H groups in total. The summed E-state index contributed by atoms with van der Waals surface area (Å²) in [5.74, 6) is 0. The third-order valence-electron chi connectivity index (χ3n) is 1.36. The van der Waals surface area contributed by atoms with Crippen molar-refractivity contribution in [3.05, 3.63) is 25.3 Å². The zero-order valence-corrected chi connectivity index (χ0v) is 9.37. The number of carbonyl (C=O) groups excluding carboxylic acids is 1. The Bertz CT molecular complexity index is 265. The van der Waals surface area contributed by atoms with Gasteiger partial charge in [0.25, 0.3) is 0 Å². The molecule has 0 aliphatic heterocycles.